The Morgan fingerprint density at radius 3 is 2.76 bits per heavy atom. The Balaban J connectivity index is 1.58. The van der Waals surface area contributed by atoms with E-state index in [1.807, 2.05) is 36.4 Å². The van der Waals surface area contributed by atoms with Gasteiger partial charge in [0.2, 0.25) is 0 Å². The number of ether oxygens (including phenoxy) is 2. The fraction of sp³-hybridized carbons (Fsp3) is 0.519. The van der Waals surface area contributed by atoms with Crippen LogP contribution in [0.5, 0.6) is 11.5 Å². The zero-order chi connectivity index (χ0) is 23.6. The number of rotatable bonds is 11. The average Bonchev–Trinajstić information content (AvgIpc) is 3.03. The number of para-hydroxylation sites is 1. The standard InChI is InChI=1S/C27H38N2O4/c1-3-4-15-29(2)26(31)19-33-25-14-13-21-10-8-9-20(17-24(21)27(25)28)16-22(30)18-32-23-11-6-5-7-12-23/h5-7,11-14,20,22,30H,3-4,8-10,15-19,28H2,1-2H3/t20?,22-/m0/s1. The minimum absolute atomic E-state index is 0.0117. The highest BCUT2D eigenvalue weighted by Crippen LogP contribution is 2.36. The largest absolute Gasteiger partial charge is 0.491 e. The first kappa shape index (κ1) is 24.9. The van der Waals surface area contributed by atoms with Gasteiger partial charge in [0, 0.05) is 13.6 Å². The zero-order valence-corrected chi connectivity index (χ0v) is 20.0. The number of nitrogen functional groups attached to an aromatic ring is 1. The Labute approximate surface area is 197 Å². The van der Waals surface area contributed by atoms with E-state index >= 15 is 0 Å². The van der Waals surface area contributed by atoms with Crippen molar-refractivity contribution in [3.05, 3.63) is 53.6 Å². The van der Waals surface area contributed by atoms with Crippen LogP contribution in [0.4, 0.5) is 5.69 Å². The summed E-state index contributed by atoms with van der Waals surface area (Å²) in [7, 11) is 1.80. The van der Waals surface area contributed by atoms with Gasteiger partial charge in [-0.05, 0) is 73.8 Å². The molecule has 180 valence electrons. The quantitative estimate of drug-likeness (QED) is 0.392. The third kappa shape index (κ3) is 7.39. The summed E-state index contributed by atoms with van der Waals surface area (Å²) in [6.45, 7) is 3.10. The molecule has 1 unspecified atom stereocenters. The van der Waals surface area contributed by atoms with E-state index in [0.29, 0.717) is 23.8 Å². The van der Waals surface area contributed by atoms with E-state index in [2.05, 4.69) is 13.0 Å². The summed E-state index contributed by atoms with van der Waals surface area (Å²) in [5.74, 6) is 1.61. The first-order valence-electron chi connectivity index (χ1n) is 12.1. The van der Waals surface area contributed by atoms with Gasteiger partial charge in [-0.1, -0.05) is 37.6 Å². The second-order valence-corrected chi connectivity index (χ2v) is 9.05. The smallest absolute Gasteiger partial charge is 0.260 e. The van der Waals surface area contributed by atoms with E-state index in [9.17, 15) is 9.90 Å². The maximum Gasteiger partial charge on any atom is 0.260 e. The van der Waals surface area contributed by atoms with E-state index in [1.54, 1.807) is 11.9 Å². The number of aryl methyl sites for hydroxylation is 1. The average molecular weight is 455 g/mol. The molecule has 6 nitrogen and oxygen atoms in total. The molecular formula is C27H38N2O4. The van der Waals surface area contributed by atoms with Crippen molar-refractivity contribution < 1.29 is 19.4 Å². The van der Waals surface area contributed by atoms with Crippen LogP contribution in [0, 0.1) is 5.92 Å². The van der Waals surface area contributed by atoms with E-state index in [-0.39, 0.29) is 19.1 Å². The van der Waals surface area contributed by atoms with Crippen LogP contribution in [-0.4, -0.2) is 48.8 Å². The Morgan fingerprint density at radius 2 is 2.00 bits per heavy atom. The van der Waals surface area contributed by atoms with E-state index in [0.717, 1.165) is 56.4 Å². The van der Waals surface area contributed by atoms with Gasteiger partial charge in [0.15, 0.2) is 6.61 Å². The number of unbranched alkanes of at least 4 members (excludes halogenated alkanes) is 1. The normalized spacial score (nSPS) is 16.4. The fourth-order valence-electron chi connectivity index (χ4n) is 4.39. The van der Waals surface area contributed by atoms with Crippen molar-refractivity contribution >= 4 is 11.6 Å². The number of aliphatic hydroxyl groups excluding tert-OH is 1. The summed E-state index contributed by atoms with van der Waals surface area (Å²) in [5.41, 5.74) is 9.47. The maximum atomic E-state index is 12.3. The molecule has 0 bridgehead atoms. The summed E-state index contributed by atoms with van der Waals surface area (Å²) < 4.78 is 11.5. The number of carbonyl (C=O) groups is 1. The van der Waals surface area contributed by atoms with E-state index in [1.165, 1.54) is 5.56 Å². The predicted octanol–water partition coefficient (Wildman–Crippen LogP) is 4.23. The molecule has 0 aliphatic heterocycles. The number of benzene rings is 2. The van der Waals surface area contributed by atoms with Crippen molar-refractivity contribution in [1.29, 1.82) is 0 Å². The monoisotopic (exact) mass is 454 g/mol. The molecule has 0 saturated heterocycles. The molecule has 0 spiro atoms. The number of hydrogen-bond donors (Lipinski definition) is 2. The van der Waals surface area contributed by atoms with Crippen LogP contribution in [0.2, 0.25) is 0 Å². The van der Waals surface area contributed by atoms with E-state index < -0.39 is 6.10 Å². The number of nitrogens with zero attached hydrogens (tertiary/aromatic N) is 1. The molecule has 1 aliphatic rings. The second kappa shape index (κ2) is 12.5. The van der Waals surface area contributed by atoms with Gasteiger partial charge in [0.05, 0.1) is 11.8 Å². The van der Waals surface area contributed by atoms with Crippen LogP contribution < -0.4 is 15.2 Å². The molecule has 2 aromatic rings. The number of nitrogens with two attached hydrogens (primary N) is 1. The van der Waals surface area contributed by atoms with Gasteiger partial charge in [0.1, 0.15) is 18.1 Å². The highest BCUT2D eigenvalue weighted by Gasteiger charge is 2.23. The van der Waals surface area contributed by atoms with Gasteiger partial charge in [-0.2, -0.15) is 0 Å². The third-order valence-corrected chi connectivity index (χ3v) is 6.38. The Kier molecular flexibility index (Phi) is 9.43. The van der Waals surface area contributed by atoms with Gasteiger partial charge < -0.3 is 25.2 Å². The van der Waals surface area contributed by atoms with Gasteiger partial charge >= 0.3 is 0 Å². The molecule has 0 radical (unpaired) electrons. The van der Waals surface area contributed by atoms with Gasteiger partial charge in [-0.3, -0.25) is 4.79 Å². The molecule has 0 heterocycles. The van der Waals surface area contributed by atoms with Crippen molar-refractivity contribution in [3.8, 4) is 11.5 Å². The lowest BCUT2D eigenvalue weighted by atomic mass is 9.91. The molecule has 6 heteroatoms. The molecule has 3 N–H and O–H groups in total. The number of amides is 1. The van der Waals surface area contributed by atoms with Crippen LogP contribution in [-0.2, 0) is 17.6 Å². The number of carbonyl (C=O) groups excluding carboxylic acids is 1. The van der Waals surface area contributed by atoms with Crippen molar-refractivity contribution in [2.75, 3.05) is 32.5 Å². The predicted molar refractivity (Wildman–Crippen MR) is 132 cm³/mol. The number of hydrogen-bond acceptors (Lipinski definition) is 5. The van der Waals surface area contributed by atoms with Gasteiger partial charge in [0.25, 0.3) is 5.91 Å². The lowest BCUT2D eigenvalue weighted by Gasteiger charge is -2.21. The maximum absolute atomic E-state index is 12.3. The topological polar surface area (TPSA) is 85.0 Å². The molecule has 2 aromatic carbocycles. The van der Waals surface area contributed by atoms with Crippen molar-refractivity contribution in [2.24, 2.45) is 5.92 Å². The first-order chi connectivity index (χ1) is 16.0. The lowest BCUT2D eigenvalue weighted by Crippen LogP contribution is -2.32. The van der Waals surface area contributed by atoms with Crippen LogP contribution in [0.15, 0.2) is 42.5 Å². The van der Waals surface area contributed by atoms with Gasteiger partial charge in [-0.15, -0.1) is 0 Å². The van der Waals surface area contributed by atoms with Crippen LogP contribution in [0.3, 0.4) is 0 Å². The Bertz CT molecular complexity index is 887. The molecule has 1 aliphatic carbocycles. The van der Waals surface area contributed by atoms with Crippen LogP contribution >= 0.6 is 0 Å². The van der Waals surface area contributed by atoms with Crippen molar-refractivity contribution in [1.82, 2.24) is 4.90 Å². The number of aliphatic hydroxyl groups is 1. The van der Waals surface area contributed by atoms with E-state index in [4.69, 9.17) is 15.2 Å². The van der Waals surface area contributed by atoms with Crippen molar-refractivity contribution in [2.45, 2.75) is 58.0 Å². The number of anilines is 1. The zero-order valence-electron chi connectivity index (χ0n) is 20.0. The second-order valence-electron chi connectivity index (χ2n) is 9.05. The summed E-state index contributed by atoms with van der Waals surface area (Å²) in [6.07, 6.45) is 6.01. The van der Waals surface area contributed by atoms with Crippen molar-refractivity contribution in [3.63, 3.8) is 0 Å². The number of fused-ring (bicyclic) bond motifs is 1. The molecule has 0 fully saturated rings. The minimum atomic E-state index is -0.534. The molecule has 0 aromatic heterocycles. The van der Waals surface area contributed by atoms with Crippen LogP contribution in [0.1, 0.15) is 50.2 Å². The van der Waals surface area contributed by atoms with Gasteiger partial charge in [-0.25, -0.2) is 0 Å². The number of likely N-dealkylation sites (N-methyl/N-ethyl adjacent to an activating group) is 1. The molecule has 33 heavy (non-hydrogen) atoms. The van der Waals surface area contributed by atoms with Crippen LogP contribution in [0.25, 0.3) is 0 Å². The first-order valence-corrected chi connectivity index (χ1v) is 12.1. The summed E-state index contributed by atoms with van der Waals surface area (Å²) in [6, 6.07) is 13.5. The highest BCUT2D eigenvalue weighted by atomic mass is 16.5. The Morgan fingerprint density at radius 1 is 1.21 bits per heavy atom. The molecule has 3 rings (SSSR count). The molecule has 0 saturated carbocycles. The fourth-order valence-corrected chi connectivity index (χ4v) is 4.39. The molecular weight excluding hydrogens is 416 g/mol. The molecule has 1 amide bonds. The summed E-state index contributed by atoms with van der Waals surface area (Å²) >= 11 is 0. The summed E-state index contributed by atoms with van der Waals surface area (Å²) in [5, 5.41) is 10.6. The third-order valence-electron chi connectivity index (χ3n) is 6.38. The highest BCUT2D eigenvalue weighted by molar-refractivity contribution is 5.77. The minimum Gasteiger partial charge on any atom is -0.491 e. The Hall–Kier alpha value is -2.73. The lowest BCUT2D eigenvalue weighted by molar-refractivity contribution is -0.132. The SMILES string of the molecule is CCCCN(C)C(=O)COc1ccc2c(c1N)CC(C[C@H](O)COc1ccccc1)CCC2. The molecule has 2 atom stereocenters. The summed E-state index contributed by atoms with van der Waals surface area (Å²) in [4.78, 5) is 14.0.